The van der Waals surface area contributed by atoms with Gasteiger partial charge < -0.3 is 4.74 Å². The van der Waals surface area contributed by atoms with Crippen molar-refractivity contribution in [3.8, 4) is 42.3 Å². The molecule has 0 aliphatic carbocycles. The number of aryl methyl sites for hydroxylation is 2. The second kappa shape index (κ2) is 14.8. The first kappa shape index (κ1) is 23.4. The molecule has 26 heavy (non-hydrogen) atoms. The highest BCUT2D eigenvalue weighted by atomic mass is 16.5. The second-order valence-corrected chi connectivity index (χ2v) is 6.24. The number of hydrogen-bond acceptors (Lipinski definition) is 1. The van der Waals surface area contributed by atoms with Gasteiger partial charge >= 0.3 is 0 Å². The largest absolute Gasteiger partial charge is 0.493 e. The monoisotopic (exact) mass is 348 g/mol. The van der Waals surface area contributed by atoms with Gasteiger partial charge in [0.05, 0.1) is 6.61 Å². The van der Waals surface area contributed by atoms with E-state index in [1.165, 1.54) is 42.4 Å². The van der Waals surface area contributed by atoms with E-state index in [2.05, 4.69) is 82.6 Å². The summed E-state index contributed by atoms with van der Waals surface area (Å²) in [6, 6.07) is 4.40. The Morgan fingerprint density at radius 3 is 2.23 bits per heavy atom. The van der Waals surface area contributed by atoms with E-state index in [1.54, 1.807) is 0 Å². The minimum atomic E-state index is 0.681. The summed E-state index contributed by atoms with van der Waals surface area (Å²) >= 11 is 0. The Morgan fingerprint density at radius 1 is 1.08 bits per heavy atom. The van der Waals surface area contributed by atoms with Gasteiger partial charge in [0, 0.05) is 0 Å². The highest BCUT2D eigenvalue weighted by Crippen LogP contribution is 2.25. The summed E-state index contributed by atoms with van der Waals surface area (Å²) in [6.45, 7) is 11.7. The van der Waals surface area contributed by atoms with E-state index < -0.39 is 0 Å². The molecule has 1 unspecified atom stereocenters. The van der Waals surface area contributed by atoms with Crippen LogP contribution in [0.2, 0.25) is 0 Å². The van der Waals surface area contributed by atoms with Crippen molar-refractivity contribution in [1.29, 1.82) is 0 Å². The zero-order valence-corrected chi connectivity index (χ0v) is 17.0. The average molecular weight is 349 g/mol. The molecule has 0 saturated heterocycles. The van der Waals surface area contributed by atoms with E-state index in [4.69, 9.17) is 17.6 Å². The van der Waals surface area contributed by atoms with Crippen molar-refractivity contribution in [3.63, 3.8) is 0 Å². The van der Waals surface area contributed by atoms with Crippen molar-refractivity contribution in [2.24, 2.45) is 5.92 Å². The Kier molecular flexibility index (Phi) is 13.3. The summed E-state index contributed by atoms with van der Waals surface area (Å²) in [5, 5.41) is 0. The lowest BCUT2D eigenvalue weighted by Gasteiger charge is -2.17. The molecule has 0 fully saturated rings. The first-order valence-corrected chi connectivity index (χ1v) is 9.31. The fourth-order valence-electron chi connectivity index (χ4n) is 2.54. The lowest BCUT2D eigenvalue weighted by atomic mass is 10.0. The highest BCUT2D eigenvalue weighted by molar-refractivity contribution is 5.57. The molecule has 1 aromatic carbocycles. The van der Waals surface area contributed by atoms with Crippen LogP contribution in [0, 0.1) is 56.3 Å². The van der Waals surface area contributed by atoms with Crippen molar-refractivity contribution in [2.75, 3.05) is 6.61 Å². The van der Waals surface area contributed by atoms with Gasteiger partial charge in [-0.15, -0.1) is 12.8 Å². The fraction of sp³-hybridized carbons (Fsp3) is 0.440. The third-order valence-corrected chi connectivity index (χ3v) is 4.13. The minimum absolute atomic E-state index is 0.681. The van der Waals surface area contributed by atoms with Gasteiger partial charge in [-0.2, -0.15) is 0 Å². The third kappa shape index (κ3) is 9.67. The molecular formula is C25H32O. The van der Waals surface area contributed by atoms with Crippen molar-refractivity contribution < 1.29 is 4.74 Å². The van der Waals surface area contributed by atoms with E-state index in [0.29, 0.717) is 5.92 Å². The first-order chi connectivity index (χ1) is 12.5. The molecule has 0 heterocycles. The summed E-state index contributed by atoms with van der Waals surface area (Å²) in [5.74, 6) is 10.3. The Labute approximate surface area is 161 Å². The van der Waals surface area contributed by atoms with E-state index in [9.17, 15) is 0 Å². The number of ether oxygens (including phenoxy) is 1. The summed E-state index contributed by atoms with van der Waals surface area (Å²) in [7, 11) is 0. The standard InChI is InChI=1S/C19H30O.C6H2/c1-6-9-11-17(8-3)14-20-19-13-18(10-7-2)15(4)12-16(19)5;1-3-5-6-4-2/h7,10,12-13,17H,6,8-9,11,14H2,1-5H3;1-2H/b10-7+;. The number of benzene rings is 1. The summed E-state index contributed by atoms with van der Waals surface area (Å²) < 4.78 is 6.09. The van der Waals surface area contributed by atoms with Crippen LogP contribution in [-0.2, 0) is 0 Å². The molecule has 1 rings (SSSR count). The molecule has 0 amide bonds. The van der Waals surface area contributed by atoms with Crippen LogP contribution < -0.4 is 4.74 Å². The van der Waals surface area contributed by atoms with Crippen LogP contribution in [0.25, 0.3) is 6.08 Å². The average Bonchev–Trinajstić information content (AvgIpc) is 2.64. The summed E-state index contributed by atoms with van der Waals surface area (Å²) in [6.07, 6.45) is 18.7. The van der Waals surface area contributed by atoms with Gasteiger partial charge in [0.2, 0.25) is 0 Å². The van der Waals surface area contributed by atoms with Gasteiger partial charge in [0.1, 0.15) is 5.75 Å². The van der Waals surface area contributed by atoms with E-state index >= 15 is 0 Å². The zero-order valence-electron chi connectivity index (χ0n) is 17.0. The summed E-state index contributed by atoms with van der Waals surface area (Å²) in [5.41, 5.74) is 3.81. The molecule has 0 aliphatic rings. The zero-order chi connectivity index (χ0) is 19.8. The van der Waals surface area contributed by atoms with Gasteiger partial charge in [0.25, 0.3) is 0 Å². The normalized spacial score (nSPS) is 10.6. The van der Waals surface area contributed by atoms with Crippen molar-refractivity contribution in [2.45, 2.75) is 60.3 Å². The van der Waals surface area contributed by atoms with Crippen LogP contribution in [0.15, 0.2) is 18.2 Å². The van der Waals surface area contributed by atoms with Crippen LogP contribution in [-0.4, -0.2) is 6.61 Å². The highest BCUT2D eigenvalue weighted by Gasteiger charge is 2.09. The fourth-order valence-corrected chi connectivity index (χ4v) is 2.54. The van der Waals surface area contributed by atoms with Gasteiger partial charge in [-0.05, 0) is 79.5 Å². The first-order valence-electron chi connectivity index (χ1n) is 9.31. The van der Waals surface area contributed by atoms with Crippen LogP contribution in [0.1, 0.15) is 63.1 Å². The Balaban J connectivity index is 0.000000896. The molecular weight excluding hydrogens is 316 g/mol. The molecule has 1 nitrogen and oxygen atoms in total. The van der Waals surface area contributed by atoms with E-state index in [-0.39, 0.29) is 0 Å². The SMILES string of the molecule is C#CC#CC#C.C/C=C/c1cc(OCC(CC)CCCC)c(C)cc1C. The number of hydrogen-bond donors (Lipinski definition) is 0. The number of rotatable bonds is 8. The molecule has 0 spiro atoms. The smallest absolute Gasteiger partial charge is 0.122 e. The molecule has 0 aromatic heterocycles. The lowest BCUT2D eigenvalue weighted by Crippen LogP contribution is -2.12. The van der Waals surface area contributed by atoms with Gasteiger partial charge in [-0.1, -0.05) is 51.3 Å². The molecule has 0 saturated carbocycles. The predicted octanol–water partition coefficient (Wildman–Crippen LogP) is 6.19. The molecule has 1 heteroatoms. The molecule has 0 aliphatic heterocycles. The predicted molar refractivity (Wildman–Crippen MR) is 115 cm³/mol. The number of unbranched alkanes of at least 4 members (excludes halogenated alkanes) is 1. The van der Waals surface area contributed by atoms with Crippen molar-refractivity contribution >= 4 is 6.08 Å². The summed E-state index contributed by atoms with van der Waals surface area (Å²) in [4.78, 5) is 0. The van der Waals surface area contributed by atoms with Gasteiger partial charge in [-0.3, -0.25) is 0 Å². The van der Waals surface area contributed by atoms with Crippen molar-refractivity contribution in [3.05, 3.63) is 34.9 Å². The number of allylic oxidation sites excluding steroid dienone is 1. The topological polar surface area (TPSA) is 9.23 Å². The maximum atomic E-state index is 6.09. The molecule has 1 aromatic rings. The molecule has 0 bridgehead atoms. The van der Waals surface area contributed by atoms with Gasteiger partial charge in [0.15, 0.2) is 0 Å². The van der Waals surface area contributed by atoms with Crippen LogP contribution in [0.4, 0.5) is 0 Å². The molecule has 1 atom stereocenters. The molecule has 0 radical (unpaired) electrons. The Hall–Kier alpha value is -2.56. The van der Waals surface area contributed by atoms with E-state index in [1.807, 2.05) is 0 Å². The second-order valence-electron chi connectivity index (χ2n) is 6.24. The van der Waals surface area contributed by atoms with Crippen molar-refractivity contribution in [1.82, 2.24) is 0 Å². The Morgan fingerprint density at radius 2 is 1.73 bits per heavy atom. The molecule has 138 valence electrons. The lowest BCUT2D eigenvalue weighted by molar-refractivity contribution is 0.232. The third-order valence-electron chi connectivity index (χ3n) is 4.13. The van der Waals surface area contributed by atoms with Crippen LogP contribution in [0.3, 0.4) is 0 Å². The quantitative estimate of drug-likeness (QED) is 0.509. The van der Waals surface area contributed by atoms with Gasteiger partial charge in [-0.25, -0.2) is 0 Å². The maximum absolute atomic E-state index is 6.09. The van der Waals surface area contributed by atoms with Crippen LogP contribution in [0.5, 0.6) is 5.75 Å². The minimum Gasteiger partial charge on any atom is -0.493 e. The van der Waals surface area contributed by atoms with E-state index in [0.717, 1.165) is 12.4 Å². The maximum Gasteiger partial charge on any atom is 0.122 e. The number of terminal acetylenes is 2. The van der Waals surface area contributed by atoms with Crippen LogP contribution >= 0.6 is 0 Å². The Bertz CT molecular complexity index is 681. The molecule has 0 N–H and O–H groups in total.